The number of aromatic nitrogens is 2. The van der Waals surface area contributed by atoms with Crippen LogP contribution in [0.25, 0.3) is 0 Å². The molecule has 1 unspecified atom stereocenters. The summed E-state index contributed by atoms with van der Waals surface area (Å²) in [6.45, 7) is 8.86. The number of nitrogens with zero attached hydrogens (tertiary/aromatic N) is 3. The largest absolute Gasteiger partial charge is 0.444 e. The molecule has 0 N–H and O–H groups in total. The molecule has 0 aromatic carbocycles. The number of carbonyl (C=O) groups is 1. The lowest BCUT2D eigenvalue weighted by atomic mass is 9.87. The Bertz CT molecular complexity index is 581. The van der Waals surface area contributed by atoms with E-state index in [0.717, 1.165) is 23.4 Å². The third kappa shape index (κ3) is 3.15. The Hall–Kier alpha value is -1.08. The van der Waals surface area contributed by atoms with E-state index in [4.69, 9.17) is 9.47 Å². The van der Waals surface area contributed by atoms with Gasteiger partial charge in [-0.2, -0.15) is 0 Å². The highest BCUT2D eigenvalue weighted by Gasteiger charge is 2.43. The number of halogens is 1. The standard InChI is InChI=1S/C15H22BrN3O3/c1-14(2,3)22-13(20)18-4-5-21-10-15(8-18)6-12-17-7-11(16)19(12)9-15/h7H,4-6,8-10H2,1-3H3. The van der Waals surface area contributed by atoms with E-state index in [-0.39, 0.29) is 11.5 Å². The predicted molar refractivity (Wildman–Crippen MR) is 84.7 cm³/mol. The maximum absolute atomic E-state index is 12.4. The van der Waals surface area contributed by atoms with Gasteiger partial charge in [-0.1, -0.05) is 0 Å². The van der Waals surface area contributed by atoms with Crippen molar-refractivity contribution in [2.45, 2.75) is 39.3 Å². The molecule has 0 radical (unpaired) electrons. The highest BCUT2D eigenvalue weighted by atomic mass is 79.9. The van der Waals surface area contributed by atoms with E-state index in [2.05, 4.69) is 25.5 Å². The van der Waals surface area contributed by atoms with Gasteiger partial charge >= 0.3 is 6.09 Å². The molecular formula is C15H22BrN3O3. The third-order valence-corrected chi connectivity index (χ3v) is 4.64. The van der Waals surface area contributed by atoms with Crippen LogP contribution in [0.2, 0.25) is 0 Å². The van der Waals surface area contributed by atoms with Crippen molar-refractivity contribution in [2.24, 2.45) is 5.41 Å². The predicted octanol–water partition coefficient (Wildman–Crippen LogP) is 2.46. The van der Waals surface area contributed by atoms with Crippen LogP contribution in [0.15, 0.2) is 10.8 Å². The summed E-state index contributed by atoms with van der Waals surface area (Å²) in [7, 11) is 0. The maximum Gasteiger partial charge on any atom is 0.410 e. The lowest BCUT2D eigenvalue weighted by Gasteiger charge is -2.32. The molecule has 1 spiro atoms. The fraction of sp³-hybridized carbons (Fsp3) is 0.733. The van der Waals surface area contributed by atoms with Crippen LogP contribution >= 0.6 is 15.9 Å². The summed E-state index contributed by atoms with van der Waals surface area (Å²) in [5.41, 5.74) is -0.595. The first-order valence-corrected chi connectivity index (χ1v) is 8.33. The Morgan fingerprint density at radius 1 is 1.45 bits per heavy atom. The normalized spacial score (nSPS) is 25.2. The Labute approximate surface area is 138 Å². The number of hydrogen-bond donors (Lipinski definition) is 0. The second-order valence-electron chi connectivity index (χ2n) is 7.21. The molecule has 0 saturated carbocycles. The number of fused-ring (bicyclic) bond motifs is 1. The first-order chi connectivity index (χ1) is 10.3. The van der Waals surface area contributed by atoms with Gasteiger partial charge in [0, 0.05) is 31.5 Å². The molecule has 2 aliphatic rings. The van der Waals surface area contributed by atoms with E-state index < -0.39 is 5.60 Å². The molecule has 0 aliphatic carbocycles. The molecule has 22 heavy (non-hydrogen) atoms. The van der Waals surface area contributed by atoms with Gasteiger partial charge in [-0.05, 0) is 36.7 Å². The molecule has 1 aromatic heterocycles. The fourth-order valence-corrected chi connectivity index (χ4v) is 3.54. The van der Waals surface area contributed by atoms with Crippen molar-refractivity contribution in [2.75, 3.05) is 26.3 Å². The molecule has 3 rings (SSSR count). The second-order valence-corrected chi connectivity index (χ2v) is 8.03. The van der Waals surface area contributed by atoms with Crippen molar-refractivity contribution in [3.05, 3.63) is 16.6 Å². The number of ether oxygens (including phenoxy) is 2. The molecule has 3 heterocycles. The summed E-state index contributed by atoms with van der Waals surface area (Å²) in [6, 6.07) is 0. The molecule has 7 heteroatoms. The van der Waals surface area contributed by atoms with Crippen LogP contribution in [0.5, 0.6) is 0 Å². The van der Waals surface area contributed by atoms with E-state index in [9.17, 15) is 4.79 Å². The van der Waals surface area contributed by atoms with Gasteiger partial charge in [0.05, 0.1) is 19.4 Å². The van der Waals surface area contributed by atoms with Gasteiger partial charge in [0.25, 0.3) is 0 Å². The van der Waals surface area contributed by atoms with Crippen LogP contribution in [0.4, 0.5) is 4.79 Å². The van der Waals surface area contributed by atoms with Crippen LogP contribution in [0.3, 0.4) is 0 Å². The number of rotatable bonds is 0. The topological polar surface area (TPSA) is 56.6 Å². The highest BCUT2D eigenvalue weighted by Crippen LogP contribution is 2.37. The minimum absolute atomic E-state index is 0.112. The lowest BCUT2D eigenvalue weighted by molar-refractivity contribution is 0.0186. The zero-order valence-corrected chi connectivity index (χ0v) is 14.9. The molecule has 2 aliphatic heterocycles. The highest BCUT2D eigenvalue weighted by molar-refractivity contribution is 9.10. The number of imidazole rings is 1. The van der Waals surface area contributed by atoms with Gasteiger partial charge in [-0.25, -0.2) is 9.78 Å². The molecule has 122 valence electrons. The number of amides is 1. The summed E-state index contributed by atoms with van der Waals surface area (Å²) >= 11 is 3.53. The molecule has 0 bridgehead atoms. The van der Waals surface area contributed by atoms with E-state index in [0.29, 0.717) is 26.3 Å². The first-order valence-electron chi connectivity index (χ1n) is 7.54. The van der Waals surface area contributed by atoms with Gasteiger partial charge in [-0.15, -0.1) is 0 Å². The monoisotopic (exact) mass is 371 g/mol. The maximum atomic E-state index is 12.4. The Balaban J connectivity index is 1.75. The first kappa shape index (κ1) is 15.8. The zero-order valence-electron chi connectivity index (χ0n) is 13.3. The van der Waals surface area contributed by atoms with Crippen LogP contribution in [-0.4, -0.2) is 52.4 Å². The van der Waals surface area contributed by atoms with Gasteiger partial charge in [-0.3, -0.25) is 0 Å². The Morgan fingerprint density at radius 2 is 2.23 bits per heavy atom. The van der Waals surface area contributed by atoms with Crippen molar-refractivity contribution in [1.29, 1.82) is 0 Å². The average molecular weight is 372 g/mol. The lowest BCUT2D eigenvalue weighted by Crippen LogP contribution is -2.44. The summed E-state index contributed by atoms with van der Waals surface area (Å²) < 4.78 is 14.4. The number of carbonyl (C=O) groups excluding carboxylic acids is 1. The van der Waals surface area contributed by atoms with Crippen molar-refractivity contribution >= 4 is 22.0 Å². The van der Waals surface area contributed by atoms with E-state index in [1.165, 1.54) is 0 Å². The second kappa shape index (κ2) is 5.53. The van der Waals surface area contributed by atoms with Gasteiger partial charge in [0.2, 0.25) is 0 Å². The molecule has 1 fully saturated rings. The van der Waals surface area contributed by atoms with Crippen LogP contribution in [-0.2, 0) is 22.4 Å². The SMILES string of the molecule is CC(C)(C)OC(=O)N1CCOCC2(Cc3ncc(Br)n3C2)C1. The van der Waals surface area contributed by atoms with Gasteiger partial charge in [0.1, 0.15) is 16.0 Å². The Kier molecular flexibility index (Phi) is 3.97. The molecule has 1 atom stereocenters. The van der Waals surface area contributed by atoms with E-state index in [1.54, 1.807) is 4.90 Å². The van der Waals surface area contributed by atoms with Crippen LogP contribution < -0.4 is 0 Å². The van der Waals surface area contributed by atoms with Crippen molar-refractivity contribution in [3.63, 3.8) is 0 Å². The third-order valence-electron chi connectivity index (χ3n) is 4.01. The summed E-state index contributed by atoms with van der Waals surface area (Å²) in [6.07, 6.45) is 2.38. The van der Waals surface area contributed by atoms with Crippen LogP contribution in [0.1, 0.15) is 26.6 Å². The minimum atomic E-state index is -0.483. The average Bonchev–Trinajstić information content (AvgIpc) is 2.81. The smallest absolute Gasteiger partial charge is 0.410 e. The Morgan fingerprint density at radius 3 is 2.91 bits per heavy atom. The quantitative estimate of drug-likeness (QED) is 0.702. The van der Waals surface area contributed by atoms with Crippen LogP contribution in [0, 0.1) is 5.41 Å². The van der Waals surface area contributed by atoms with E-state index in [1.807, 2.05) is 27.0 Å². The van der Waals surface area contributed by atoms with Gasteiger partial charge in [0.15, 0.2) is 0 Å². The summed E-state index contributed by atoms with van der Waals surface area (Å²) in [5.74, 6) is 1.04. The van der Waals surface area contributed by atoms with Crippen molar-refractivity contribution < 1.29 is 14.3 Å². The number of hydrogen-bond acceptors (Lipinski definition) is 4. The molecule has 1 aromatic rings. The molecular weight excluding hydrogens is 350 g/mol. The van der Waals surface area contributed by atoms with Crippen molar-refractivity contribution in [1.82, 2.24) is 14.5 Å². The zero-order chi connectivity index (χ0) is 16.0. The van der Waals surface area contributed by atoms with Gasteiger partial charge < -0.3 is 18.9 Å². The van der Waals surface area contributed by atoms with E-state index >= 15 is 0 Å². The minimum Gasteiger partial charge on any atom is -0.444 e. The van der Waals surface area contributed by atoms with Crippen molar-refractivity contribution in [3.8, 4) is 0 Å². The molecule has 1 saturated heterocycles. The molecule has 1 amide bonds. The summed E-state index contributed by atoms with van der Waals surface area (Å²) in [5, 5.41) is 0. The molecule has 6 nitrogen and oxygen atoms in total. The summed E-state index contributed by atoms with van der Waals surface area (Å²) in [4.78, 5) is 18.6. The fourth-order valence-electron chi connectivity index (χ4n) is 3.10.